The first-order valence-electron chi connectivity index (χ1n) is 6.44. The number of aromatic carboxylic acids is 1. The first-order chi connectivity index (χ1) is 9.52. The number of carboxylic acids is 1. The van der Waals surface area contributed by atoms with E-state index in [-0.39, 0.29) is 11.5 Å². The molecule has 0 fully saturated rings. The summed E-state index contributed by atoms with van der Waals surface area (Å²) in [6, 6.07) is 4.38. The Morgan fingerprint density at radius 3 is 2.60 bits per heavy atom. The summed E-state index contributed by atoms with van der Waals surface area (Å²) >= 11 is 0. The maximum absolute atomic E-state index is 12.2. The molecule has 0 heterocycles. The first-order valence-corrected chi connectivity index (χ1v) is 6.44. The van der Waals surface area contributed by atoms with E-state index in [4.69, 9.17) is 9.84 Å². The van der Waals surface area contributed by atoms with Gasteiger partial charge in [-0.1, -0.05) is 5.57 Å². The predicted molar refractivity (Wildman–Crippen MR) is 75.1 cm³/mol. The molecule has 0 radical (unpaired) electrons. The lowest BCUT2D eigenvalue weighted by Gasteiger charge is -2.12. The normalized spacial score (nSPS) is 14.3. The van der Waals surface area contributed by atoms with Crippen molar-refractivity contribution < 1.29 is 19.4 Å². The molecule has 1 aliphatic rings. The lowest BCUT2D eigenvalue weighted by atomic mass is 10.1. The second kappa shape index (κ2) is 5.77. The van der Waals surface area contributed by atoms with Crippen LogP contribution < -0.4 is 10.1 Å². The van der Waals surface area contributed by atoms with Gasteiger partial charge in [0, 0.05) is 5.57 Å². The Labute approximate surface area is 117 Å². The van der Waals surface area contributed by atoms with Gasteiger partial charge in [-0.2, -0.15) is 0 Å². The zero-order chi connectivity index (χ0) is 14.7. The van der Waals surface area contributed by atoms with Crippen molar-refractivity contribution in [2.24, 2.45) is 0 Å². The number of nitrogens with one attached hydrogen (secondary N) is 1. The van der Waals surface area contributed by atoms with Gasteiger partial charge in [-0.05, 0) is 44.4 Å². The monoisotopic (exact) mass is 275 g/mol. The summed E-state index contributed by atoms with van der Waals surface area (Å²) in [5.41, 5.74) is 2.53. The molecular formula is C15H17NO4. The van der Waals surface area contributed by atoms with E-state index < -0.39 is 5.97 Å². The van der Waals surface area contributed by atoms with Gasteiger partial charge in [-0.25, -0.2) is 4.79 Å². The molecule has 0 atom stereocenters. The number of methoxy groups -OCH3 is 1. The van der Waals surface area contributed by atoms with Gasteiger partial charge >= 0.3 is 5.97 Å². The molecule has 5 heteroatoms. The summed E-state index contributed by atoms with van der Waals surface area (Å²) in [5, 5.41) is 11.7. The highest BCUT2D eigenvalue weighted by Crippen LogP contribution is 2.29. The average molecular weight is 275 g/mol. The standard InChI is InChI=1S/C15H17NO4/c1-9-4-3-5-11(9)14(17)16-12-7-6-10(15(18)19)8-13(12)20-2/h6-8H,3-5H2,1-2H3,(H,16,17)(H,18,19). The van der Waals surface area contributed by atoms with Crippen molar-refractivity contribution in [3.05, 3.63) is 34.9 Å². The van der Waals surface area contributed by atoms with Crippen molar-refractivity contribution in [1.82, 2.24) is 0 Å². The summed E-state index contributed by atoms with van der Waals surface area (Å²) in [6.45, 7) is 1.96. The van der Waals surface area contributed by atoms with Gasteiger partial charge in [-0.15, -0.1) is 0 Å². The van der Waals surface area contributed by atoms with E-state index in [0.717, 1.165) is 30.4 Å². The van der Waals surface area contributed by atoms with Crippen LogP contribution in [0.15, 0.2) is 29.3 Å². The van der Waals surface area contributed by atoms with Crippen LogP contribution in [0.1, 0.15) is 36.5 Å². The molecule has 0 spiro atoms. The molecule has 1 aromatic rings. The number of ether oxygens (including phenoxy) is 1. The minimum atomic E-state index is -1.03. The number of rotatable bonds is 4. The molecule has 0 bridgehead atoms. The van der Waals surface area contributed by atoms with E-state index in [1.807, 2.05) is 6.92 Å². The van der Waals surface area contributed by atoms with Gasteiger partial charge in [0.1, 0.15) is 5.75 Å². The molecule has 106 valence electrons. The van der Waals surface area contributed by atoms with Crippen LogP contribution in [0.2, 0.25) is 0 Å². The van der Waals surface area contributed by atoms with Crippen molar-refractivity contribution in [3.8, 4) is 5.75 Å². The highest BCUT2D eigenvalue weighted by Gasteiger charge is 2.19. The fraction of sp³-hybridized carbons (Fsp3) is 0.333. The Hall–Kier alpha value is -2.30. The molecule has 1 aliphatic carbocycles. The minimum Gasteiger partial charge on any atom is -0.495 e. The highest BCUT2D eigenvalue weighted by molar-refractivity contribution is 6.05. The molecular weight excluding hydrogens is 258 g/mol. The van der Waals surface area contributed by atoms with Gasteiger partial charge in [0.25, 0.3) is 5.91 Å². The van der Waals surface area contributed by atoms with E-state index in [9.17, 15) is 9.59 Å². The minimum absolute atomic E-state index is 0.121. The second-order valence-corrected chi connectivity index (χ2v) is 4.79. The number of hydrogen-bond acceptors (Lipinski definition) is 3. The molecule has 1 aromatic carbocycles. The third-order valence-electron chi connectivity index (χ3n) is 3.46. The topological polar surface area (TPSA) is 75.6 Å². The van der Waals surface area contributed by atoms with Crippen LogP contribution in [-0.4, -0.2) is 24.1 Å². The third-order valence-corrected chi connectivity index (χ3v) is 3.46. The quantitative estimate of drug-likeness (QED) is 0.886. The van der Waals surface area contributed by atoms with Crippen LogP contribution in [-0.2, 0) is 4.79 Å². The van der Waals surface area contributed by atoms with Gasteiger partial charge in [0.2, 0.25) is 0 Å². The summed E-state index contributed by atoms with van der Waals surface area (Å²) in [4.78, 5) is 23.1. The molecule has 2 rings (SSSR count). The molecule has 2 N–H and O–H groups in total. The van der Waals surface area contributed by atoms with Crippen molar-refractivity contribution in [2.75, 3.05) is 12.4 Å². The Balaban J connectivity index is 2.23. The van der Waals surface area contributed by atoms with Crippen LogP contribution in [0.4, 0.5) is 5.69 Å². The van der Waals surface area contributed by atoms with E-state index in [1.165, 1.54) is 19.2 Å². The van der Waals surface area contributed by atoms with Crippen LogP contribution in [0, 0.1) is 0 Å². The smallest absolute Gasteiger partial charge is 0.335 e. The SMILES string of the molecule is COc1cc(C(=O)O)ccc1NC(=O)C1=C(C)CCC1. The number of benzene rings is 1. The zero-order valence-corrected chi connectivity index (χ0v) is 11.5. The molecule has 20 heavy (non-hydrogen) atoms. The number of carbonyl (C=O) groups is 2. The van der Waals surface area contributed by atoms with Crippen molar-refractivity contribution in [2.45, 2.75) is 26.2 Å². The summed E-state index contributed by atoms with van der Waals surface area (Å²) < 4.78 is 5.13. The van der Waals surface area contributed by atoms with Crippen molar-refractivity contribution in [1.29, 1.82) is 0 Å². The van der Waals surface area contributed by atoms with E-state index in [0.29, 0.717) is 11.4 Å². The van der Waals surface area contributed by atoms with Gasteiger partial charge in [0.05, 0.1) is 18.4 Å². The first kappa shape index (κ1) is 14.1. The number of anilines is 1. The Morgan fingerprint density at radius 1 is 1.30 bits per heavy atom. The molecule has 0 saturated heterocycles. The van der Waals surface area contributed by atoms with Crippen LogP contribution in [0.5, 0.6) is 5.75 Å². The largest absolute Gasteiger partial charge is 0.495 e. The fourth-order valence-electron chi connectivity index (χ4n) is 2.33. The Bertz CT molecular complexity index is 590. The van der Waals surface area contributed by atoms with Gasteiger partial charge in [0.15, 0.2) is 0 Å². The van der Waals surface area contributed by atoms with E-state index in [2.05, 4.69) is 5.32 Å². The molecule has 0 saturated carbocycles. The maximum Gasteiger partial charge on any atom is 0.335 e. The molecule has 1 amide bonds. The summed E-state index contributed by atoms with van der Waals surface area (Å²) in [6.07, 6.45) is 2.74. The summed E-state index contributed by atoms with van der Waals surface area (Å²) in [5.74, 6) is -0.827. The fourth-order valence-corrected chi connectivity index (χ4v) is 2.33. The Kier molecular flexibility index (Phi) is 4.08. The predicted octanol–water partition coefficient (Wildman–Crippen LogP) is 2.83. The summed E-state index contributed by atoms with van der Waals surface area (Å²) in [7, 11) is 1.44. The van der Waals surface area contributed by atoms with Crippen LogP contribution in [0.3, 0.4) is 0 Å². The van der Waals surface area contributed by atoms with Gasteiger partial charge in [-0.3, -0.25) is 4.79 Å². The molecule has 0 aromatic heterocycles. The number of amides is 1. The van der Waals surface area contributed by atoms with Crippen LogP contribution >= 0.6 is 0 Å². The van der Waals surface area contributed by atoms with E-state index >= 15 is 0 Å². The molecule has 0 aliphatic heterocycles. The van der Waals surface area contributed by atoms with Gasteiger partial charge < -0.3 is 15.2 Å². The number of hydrogen-bond donors (Lipinski definition) is 2. The average Bonchev–Trinajstić information content (AvgIpc) is 2.85. The van der Waals surface area contributed by atoms with Crippen molar-refractivity contribution >= 4 is 17.6 Å². The zero-order valence-electron chi connectivity index (χ0n) is 11.5. The lowest BCUT2D eigenvalue weighted by Crippen LogP contribution is -2.15. The number of allylic oxidation sites excluding steroid dienone is 1. The highest BCUT2D eigenvalue weighted by atomic mass is 16.5. The third kappa shape index (κ3) is 2.82. The lowest BCUT2D eigenvalue weighted by molar-refractivity contribution is -0.113. The second-order valence-electron chi connectivity index (χ2n) is 4.79. The van der Waals surface area contributed by atoms with E-state index in [1.54, 1.807) is 6.07 Å². The molecule has 5 nitrogen and oxygen atoms in total. The molecule has 0 unspecified atom stereocenters. The van der Waals surface area contributed by atoms with Crippen molar-refractivity contribution in [3.63, 3.8) is 0 Å². The number of carboxylic acid groups (broad SMARTS) is 1. The maximum atomic E-state index is 12.2. The number of carbonyl (C=O) groups excluding carboxylic acids is 1. The van der Waals surface area contributed by atoms with Crippen LogP contribution in [0.25, 0.3) is 0 Å². The Morgan fingerprint density at radius 2 is 2.05 bits per heavy atom.